The molecule has 0 N–H and O–H groups in total. The Balaban J connectivity index is 1.77. The Kier molecular flexibility index (Phi) is 8.60. The van der Waals surface area contributed by atoms with Crippen LogP contribution in [0.2, 0.25) is 18.1 Å². The standard InChI is InChI=1S/C26H37N3O3SSi/c1-8-31-25(30)22-17-29(18-27-22)23(19(2)32-34(6,7)26(3,4)5)15-16-33-24-14-13-20-11-9-10-12-21(20)28-24/h9-14,17-19,23H,8,15-16H2,1-7H3. The third-order valence-corrected chi connectivity index (χ3v) is 12.1. The molecule has 8 heteroatoms. The van der Waals surface area contributed by atoms with Gasteiger partial charge in [0.25, 0.3) is 0 Å². The molecule has 0 saturated carbocycles. The molecule has 2 unspecified atom stereocenters. The zero-order chi connectivity index (χ0) is 24.9. The van der Waals surface area contributed by atoms with Crippen LogP contribution in [0.3, 0.4) is 0 Å². The van der Waals surface area contributed by atoms with Crippen LogP contribution in [0.5, 0.6) is 0 Å². The number of hydrogen-bond donors (Lipinski definition) is 0. The zero-order valence-electron chi connectivity index (χ0n) is 21.4. The van der Waals surface area contributed by atoms with Gasteiger partial charge in [0.15, 0.2) is 14.0 Å². The summed E-state index contributed by atoms with van der Waals surface area (Å²) in [5.41, 5.74) is 1.34. The number of fused-ring (bicyclic) bond motifs is 1. The van der Waals surface area contributed by atoms with Gasteiger partial charge in [0.1, 0.15) is 0 Å². The van der Waals surface area contributed by atoms with Gasteiger partial charge >= 0.3 is 5.97 Å². The Bertz CT molecular complexity index is 1110. The average molecular weight is 500 g/mol. The molecule has 3 rings (SSSR count). The van der Waals surface area contributed by atoms with Gasteiger partial charge in [-0.15, -0.1) is 11.8 Å². The summed E-state index contributed by atoms with van der Waals surface area (Å²) in [4.78, 5) is 21.3. The first-order chi connectivity index (χ1) is 16.0. The molecule has 2 aromatic heterocycles. The summed E-state index contributed by atoms with van der Waals surface area (Å²) in [7, 11) is -1.97. The SMILES string of the molecule is CCOC(=O)c1cn(C(CCSc2ccc3ccccc3n2)C(C)O[Si](C)(C)C(C)(C)C)cn1. The van der Waals surface area contributed by atoms with Gasteiger partial charge in [0.2, 0.25) is 0 Å². The minimum atomic E-state index is -1.97. The molecule has 3 aromatic rings. The minimum Gasteiger partial charge on any atom is -0.461 e. The molecule has 0 fully saturated rings. The number of ether oxygens (including phenoxy) is 1. The average Bonchev–Trinajstić information content (AvgIpc) is 3.25. The highest BCUT2D eigenvalue weighted by molar-refractivity contribution is 7.99. The van der Waals surface area contributed by atoms with Crippen molar-refractivity contribution in [2.24, 2.45) is 0 Å². The summed E-state index contributed by atoms with van der Waals surface area (Å²) in [5.74, 6) is 0.474. The van der Waals surface area contributed by atoms with Crippen molar-refractivity contribution in [1.82, 2.24) is 14.5 Å². The van der Waals surface area contributed by atoms with Gasteiger partial charge in [0.05, 0.1) is 35.6 Å². The quantitative estimate of drug-likeness (QED) is 0.175. The van der Waals surface area contributed by atoms with E-state index in [1.165, 1.54) is 0 Å². The van der Waals surface area contributed by atoms with Crippen molar-refractivity contribution >= 4 is 37.0 Å². The number of imidazole rings is 1. The van der Waals surface area contributed by atoms with Crippen LogP contribution >= 0.6 is 11.8 Å². The molecular weight excluding hydrogens is 462 g/mol. The van der Waals surface area contributed by atoms with Gasteiger partial charge in [-0.3, -0.25) is 0 Å². The summed E-state index contributed by atoms with van der Waals surface area (Å²) in [6.45, 7) is 15.5. The number of carbonyl (C=O) groups is 1. The molecule has 1 aromatic carbocycles. The smallest absolute Gasteiger partial charge is 0.358 e. The Morgan fingerprint density at radius 3 is 2.62 bits per heavy atom. The normalized spacial score (nSPS) is 14.2. The third kappa shape index (κ3) is 6.49. The lowest BCUT2D eigenvalue weighted by Crippen LogP contribution is -2.45. The van der Waals surface area contributed by atoms with Gasteiger partial charge in [-0.2, -0.15) is 0 Å². The number of rotatable bonds is 10. The number of esters is 1. The first kappa shape index (κ1) is 26.4. The molecule has 0 spiro atoms. The van der Waals surface area contributed by atoms with Crippen LogP contribution in [-0.2, 0) is 9.16 Å². The maximum atomic E-state index is 12.2. The Hall–Kier alpha value is -2.16. The molecule has 0 saturated heterocycles. The maximum absolute atomic E-state index is 12.2. The number of para-hydroxylation sites is 1. The Morgan fingerprint density at radius 1 is 1.18 bits per heavy atom. The molecule has 0 aliphatic carbocycles. The number of pyridine rings is 1. The first-order valence-corrected chi connectivity index (χ1v) is 15.8. The van der Waals surface area contributed by atoms with E-state index in [0.29, 0.717) is 12.3 Å². The lowest BCUT2D eigenvalue weighted by atomic mass is 10.1. The molecule has 0 radical (unpaired) electrons. The van der Waals surface area contributed by atoms with Crippen molar-refractivity contribution in [2.45, 2.75) is 76.3 Å². The van der Waals surface area contributed by atoms with E-state index in [0.717, 1.165) is 28.1 Å². The number of carbonyl (C=O) groups excluding carboxylic acids is 1. The van der Waals surface area contributed by atoms with E-state index >= 15 is 0 Å². The fraction of sp³-hybridized carbons (Fsp3) is 0.500. The van der Waals surface area contributed by atoms with Crippen molar-refractivity contribution in [3.8, 4) is 0 Å². The van der Waals surface area contributed by atoms with E-state index in [1.807, 2.05) is 22.8 Å². The van der Waals surface area contributed by atoms with E-state index in [2.05, 4.69) is 64.0 Å². The summed E-state index contributed by atoms with van der Waals surface area (Å²) in [6, 6.07) is 12.4. The molecule has 2 heterocycles. The van der Waals surface area contributed by atoms with Crippen LogP contribution in [0.4, 0.5) is 0 Å². The predicted molar refractivity (Wildman–Crippen MR) is 142 cm³/mol. The van der Waals surface area contributed by atoms with Crippen LogP contribution in [0.25, 0.3) is 10.9 Å². The van der Waals surface area contributed by atoms with Crippen LogP contribution in [0.1, 0.15) is 57.6 Å². The zero-order valence-corrected chi connectivity index (χ0v) is 23.2. The fourth-order valence-electron chi connectivity index (χ4n) is 3.59. The molecule has 2 atom stereocenters. The van der Waals surface area contributed by atoms with Crippen molar-refractivity contribution < 1.29 is 14.0 Å². The van der Waals surface area contributed by atoms with E-state index in [9.17, 15) is 4.79 Å². The molecule has 6 nitrogen and oxygen atoms in total. The summed E-state index contributed by atoms with van der Waals surface area (Å²) in [5, 5.41) is 2.26. The second-order valence-electron chi connectivity index (χ2n) is 10.1. The highest BCUT2D eigenvalue weighted by atomic mass is 32.2. The van der Waals surface area contributed by atoms with Crippen LogP contribution in [0.15, 0.2) is 53.9 Å². The minimum absolute atomic E-state index is 0.0321. The number of aromatic nitrogens is 3. The largest absolute Gasteiger partial charge is 0.461 e. The van der Waals surface area contributed by atoms with Gasteiger partial charge in [-0.05, 0) is 50.5 Å². The monoisotopic (exact) mass is 499 g/mol. The van der Waals surface area contributed by atoms with Crippen LogP contribution in [0, 0.1) is 0 Å². The molecular formula is C26H37N3O3SSi. The van der Waals surface area contributed by atoms with Crippen LogP contribution < -0.4 is 0 Å². The van der Waals surface area contributed by atoms with E-state index in [1.54, 1.807) is 31.2 Å². The molecule has 184 valence electrons. The molecule has 34 heavy (non-hydrogen) atoms. The first-order valence-electron chi connectivity index (χ1n) is 11.9. The predicted octanol–water partition coefficient (Wildman–Crippen LogP) is 6.74. The number of thioether (sulfide) groups is 1. The summed E-state index contributed by atoms with van der Waals surface area (Å²) < 4.78 is 13.9. The molecule has 0 bridgehead atoms. The second kappa shape index (κ2) is 11.1. The summed E-state index contributed by atoms with van der Waals surface area (Å²) in [6.07, 6.45) is 4.33. The third-order valence-electron chi connectivity index (χ3n) is 6.53. The number of benzene rings is 1. The van der Waals surface area contributed by atoms with E-state index in [4.69, 9.17) is 14.1 Å². The lowest BCUT2D eigenvalue weighted by Gasteiger charge is -2.40. The Labute approximate surface area is 208 Å². The van der Waals surface area contributed by atoms with Crippen molar-refractivity contribution in [3.05, 3.63) is 54.6 Å². The Morgan fingerprint density at radius 2 is 1.91 bits per heavy atom. The fourth-order valence-corrected chi connectivity index (χ4v) is 5.92. The van der Waals surface area contributed by atoms with Gasteiger partial charge in [0, 0.05) is 17.3 Å². The van der Waals surface area contributed by atoms with E-state index < -0.39 is 14.3 Å². The lowest BCUT2D eigenvalue weighted by molar-refractivity contribution is 0.0519. The number of nitrogens with zero attached hydrogens (tertiary/aromatic N) is 3. The van der Waals surface area contributed by atoms with E-state index in [-0.39, 0.29) is 17.2 Å². The van der Waals surface area contributed by atoms with Crippen molar-refractivity contribution in [1.29, 1.82) is 0 Å². The number of hydrogen-bond acceptors (Lipinski definition) is 6. The highest BCUT2D eigenvalue weighted by Gasteiger charge is 2.40. The van der Waals surface area contributed by atoms with Gasteiger partial charge in [-0.25, -0.2) is 14.8 Å². The molecule has 0 aliphatic rings. The van der Waals surface area contributed by atoms with Crippen molar-refractivity contribution in [3.63, 3.8) is 0 Å². The van der Waals surface area contributed by atoms with Crippen molar-refractivity contribution in [2.75, 3.05) is 12.4 Å². The molecule has 0 aliphatic heterocycles. The van der Waals surface area contributed by atoms with Gasteiger partial charge in [-0.1, -0.05) is 45.0 Å². The second-order valence-corrected chi connectivity index (χ2v) is 15.9. The topological polar surface area (TPSA) is 66.2 Å². The molecule has 0 amide bonds. The van der Waals surface area contributed by atoms with Crippen LogP contribution in [-0.4, -0.2) is 47.3 Å². The van der Waals surface area contributed by atoms with Gasteiger partial charge < -0.3 is 13.7 Å². The highest BCUT2D eigenvalue weighted by Crippen LogP contribution is 2.39. The maximum Gasteiger partial charge on any atom is 0.358 e. The summed E-state index contributed by atoms with van der Waals surface area (Å²) >= 11 is 1.74.